The Balaban J connectivity index is 1.94. The number of para-hydroxylation sites is 1. The van der Waals surface area contributed by atoms with Crippen LogP contribution in [0.4, 0.5) is 5.69 Å². The number of hydrogen-bond acceptors (Lipinski definition) is 1. The molecular weight excluding hydrogens is 306 g/mol. The molecule has 0 saturated carbocycles. The molecular formula is C23H30NO+. The molecule has 25 heavy (non-hydrogen) atoms. The van der Waals surface area contributed by atoms with Crippen molar-refractivity contribution in [1.82, 2.24) is 4.48 Å². The lowest BCUT2D eigenvalue weighted by Crippen LogP contribution is -2.59. The fourth-order valence-electron chi connectivity index (χ4n) is 4.84. The first-order valence-electron chi connectivity index (χ1n) is 9.51. The van der Waals surface area contributed by atoms with Crippen molar-refractivity contribution in [3.63, 3.8) is 0 Å². The number of benzene rings is 1. The molecule has 0 aromatic heterocycles. The van der Waals surface area contributed by atoms with Crippen LogP contribution in [0.3, 0.4) is 0 Å². The minimum atomic E-state index is 0.211. The lowest BCUT2D eigenvalue weighted by molar-refractivity contribution is 0.209. The maximum atomic E-state index is 5.87. The summed E-state index contributed by atoms with van der Waals surface area (Å²) in [7, 11) is 0. The maximum absolute atomic E-state index is 5.87. The predicted octanol–water partition coefficient (Wildman–Crippen LogP) is 5.69. The van der Waals surface area contributed by atoms with Gasteiger partial charge < -0.3 is 4.74 Å². The van der Waals surface area contributed by atoms with E-state index in [0.29, 0.717) is 0 Å². The van der Waals surface area contributed by atoms with Crippen LogP contribution in [0, 0.1) is 0 Å². The molecule has 3 heterocycles. The number of hydrogen-bond donors (Lipinski definition) is 0. The Hall–Kier alpha value is -1.80. The molecule has 0 aliphatic carbocycles. The largest absolute Gasteiger partial charge is 0.459 e. The van der Waals surface area contributed by atoms with Crippen molar-refractivity contribution in [2.24, 2.45) is 0 Å². The van der Waals surface area contributed by atoms with Crippen LogP contribution in [0.2, 0.25) is 0 Å². The number of ether oxygens (including phenoxy) is 1. The summed E-state index contributed by atoms with van der Waals surface area (Å²) >= 11 is 0. The Bertz CT molecular complexity index is 756. The van der Waals surface area contributed by atoms with Crippen LogP contribution in [-0.4, -0.2) is 13.1 Å². The Labute approximate surface area is 152 Å². The zero-order valence-electron chi connectivity index (χ0n) is 16.1. The molecule has 3 aliphatic heterocycles. The smallest absolute Gasteiger partial charge is 0.183 e. The highest BCUT2D eigenvalue weighted by atomic mass is 16.5. The predicted molar refractivity (Wildman–Crippen MR) is 105 cm³/mol. The fraction of sp³-hybridized carbons (Fsp3) is 0.478. The van der Waals surface area contributed by atoms with Crippen molar-refractivity contribution in [2.75, 3.05) is 13.1 Å². The van der Waals surface area contributed by atoms with Gasteiger partial charge in [0.15, 0.2) is 11.5 Å². The third kappa shape index (κ3) is 2.34. The maximum Gasteiger partial charge on any atom is 0.183 e. The summed E-state index contributed by atoms with van der Waals surface area (Å²) < 4.78 is 6.74. The van der Waals surface area contributed by atoms with Gasteiger partial charge in [0.05, 0.1) is 19.4 Å². The van der Waals surface area contributed by atoms with Crippen molar-refractivity contribution in [3.8, 4) is 0 Å². The Morgan fingerprint density at radius 3 is 2.16 bits per heavy atom. The van der Waals surface area contributed by atoms with Gasteiger partial charge in [0.1, 0.15) is 5.69 Å². The quantitative estimate of drug-likeness (QED) is 0.631. The average Bonchev–Trinajstić information content (AvgIpc) is 2.61. The summed E-state index contributed by atoms with van der Waals surface area (Å²) in [6, 6.07) is 6.94. The van der Waals surface area contributed by atoms with Gasteiger partial charge in [-0.3, -0.25) is 4.48 Å². The van der Waals surface area contributed by atoms with Crippen LogP contribution in [0.5, 0.6) is 0 Å². The van der Waals surface area contributed by atoms with Gasteiger partial charge in [0.25, 0.3) is 0 Å². The number of allylic oxidation sites excluding steroid dienone is 2. The molecule has 0 radical (unpaired) electrons. The normalized spacial score (nSPS) is 24.7. The third-order valence-corrected chi connectivity index (χ3v) is 6.69. The Morgan fingerprint density at radius 2 is 1.64 bits per heavy atom. The van der Waals surface area contributed by atoms with E-state index in [9.17, 15) is 0 Å². The van der Waals surface area contributed by atoms with Crippen LogP contribution in [-0.2, 0) is 15.6 Å². The van der Waals surface area contributed by atoms with Gasteiger partial charge in [-0.15, -0.1) is 0 Å². The minimum Gasteiger partial charge on any atom is -0.459 e. The number of rotatable bonds is 2. The summed E-state index contributed by atoms with van der Waals surface area (Å²) in [5.41, 5.74) is 6.04. The first-order chi connectivity index (χ1) is 11.8. The molecule has 0 spiro atoms. The van der Waals surface area contributed by atoms with E-state index in [2.05, 4.69) is 64.6 Å². The Kier molecular flexibility index (Phi) is 3.56. The van der Waals surface area contributed by atoms with Crippen molar-refractivity contribution in [3.05, 3.63) is 65.8 Å². The van der Waals surface area contributed by atoms with Crippen LogP contribution in [0.25, 0.3) is 0 Å². The monoisotopic (exact) mass is 336 g/mol. The number of quaternary nitrogens is 1. The molecule has 0 saturated heterocycles. The van der Waals surface area contributed by atoms with E-state index >= 15 is 0 Å². The molecule has 1 aromatic rings. The highest BCUT2D eigenvalue weighted by Crippen LogP contribution is 2.54. The molecule has 4 rings (SSSR count). The molecule has 3 aliphatic rings. The SMILES string of the molecule is C=C(C1=CCC=CO1)[N+]12CCC(C)(C)c3cccc(c31)C(C)(C)CC2. The van der Waals surface area contributed by atoms with E-state index in [-0.39, 0.29) is 10.8 Å². The highest BCUT2D eigenvalue weighted by molar-refractivity contribution is 5.68. The van der Waals surface area contributed by atoms with Gasteiger partial charge in [-0.05, 0) is 25.2 Å². The minimum absolute atomic E-state index is 0.211. The first-order valence-corrected chi connectivity index (χ1v) is 9.51. The van der Waals surface area contributed by atoms with Crippen molar-refractivity contribution in [2.45, 2.75) is 57.8 Å². The van der Waals surface area contributed by atoms with Crippen LogP contribution >= 0.6 is 0 Å². The van der Waals surface area contributed by atoms with Crippen molar-refractivity contribution in [1.29, 1.82) is 0 Å². The molecule has 0 fully saturated rings. The molecule has 2 nitrogen and oxygen atoms in total. The molecule has 0 N–H and O–H groups in total. The van der Waals surface area contributed by atoms with Gasteiger partial charge in [0, 0.05) is 34.8 Å². The first kappa shape index (κ1) is 16.7. The third-order valence-electron chi connectivity index (χ3n) is 6.69. The van der Waals surface area contributed by atoms with E-state index in [1.165, 1.54) is 29.7 Å². The zero-order chi connectivity index (χ0) is 17.9. The summed E-state index contributed by atoms with van der Waals surface area (Å²) in [6.45, 7) is 16.3. The topological polar surface area (TPSA) is 9.23 Å². The lowest BCUT2D eigenvalue weighted by atomic mass is 9.68. The second-order valence-corrected chi connectivity index (χ2v) is 9.12. The van der Waals surface area contributed by atoms with Crippen LogP contribution in [0.15, 0.2) is 54.6 Å². The molecule has 0 atom stereocenters. The summed E-state index contributed by atoms with van der Waals surface area (Å²) in [5.74, 6) is 0.961. The van der Waals surface area contributed by atoms with Gasteiger partial charge in [-0.2, -0.15) is 0 Å². The second-order valence-electron chi connectivity index (χ2n) is 9.12. The van der Waals surface area contributed by atoms with Gasteiger partial charge in [0.2, 0.25) is 0 Å². The second kappa shape index (κ2) is 5.35. The highest BCUT2D eigenvalue weighted by Gasteiger charge is 2.52. The zero-order valence-corrected chi connectivity index (χ0v) is 16.1. The molecule has 0 bridgehead atoms. The molecule has 2 heteroatoms. The van der Waals surface area contributed by atoms with E-state index in [4.69, 9.17) is 4.74 Å². The van der Waals surface area contributed by atoms with Crippen molar-refractivity contribution >= 4 is 5.69 Å². The van der Waals surface area contributed by atoms with Crippen LogP contribution in [0.1, 0.15) is 58.1 Å². The molecule has 1 aromatic carbocycles. The van der Waals surface area contributed by atoms with Gasteiger partial charge >= 0.3 is 0 Å². The summed E-state index contributed by atoms with van der Waals surface area (Å²) in [4.78, 5) is 0. The average molecular weight is 336 g/mol. The summed E-state index contributed by atoms with van der Waals surface area (Å²) in [5, 5.41) is 0. The van der Waals surface area contributed by atoms with E-state index in [0.717, 1.165) is 35.4 Å². The van der Waals surface area contributed by atoms with Gasteiger partial charge in [-0.1, -0.05) is 45.9 Å². The lowest BCUT2D eigenvalue weighted by Gasteiger charge is -2.53. The van der Waals surface area contributed by atoms with Gasteiger partial charge in [-0.25, -0.2) is 0 Å². The summed E-state index contributed by atoms with van der Waals surface area (Å²) in [6.07, 6.45) is 9.32. The molecule has 132 valence electrons. The standard InChI is InChI=1S/C23H30NO/c1-17(20-11-6-7-16-25-20)24-14-12-22(2,3)18-9-8-10-19(21(18)24)23(4,5)13-15-24/h7-11,16H,1,6,12-15H2,2-5H3/q+1. The Morgan fingerprint density at radius 1 is 1.04 bits per heavy atom. The van der Waals surface area contributed by atoms with Crippen molar-refractivity contribution < 1.29 is 4.74 Å². The molecule has 0 amide bonds. The molecule has 0 unspecified atom stereocenters. The van der Waals surface area contributed by atoms with E-state index < -0.39 is 0 Å². The van der Waals surface area contributed by atoms with Crippen LogP contribution < -0.4 is 4.48 Å². The van der Waals surface area contributed by atoms with E-state index in [1.54, 1.807) is 0 Å². The number of nitrogens with zero attached hydrogens (tertiary/aromatic N) is 1. The fourth-order valence-corrected chi connectivity index (χ4v) is 4.84. The van der Waals surface area contributed by atoms with E-state index in [1.807, 2.05) is 6.26 Å².